The van der Waals surface area contributed by atoms with Crippen LogP contribution in [0.25, 0.3) is 0 Å². The van der Waals surface area contributed by atoms with Gasteiger partial charge in [0.25, 0.3) is 0 Å². The Hall–Kier alpha value is -1.97. The molecule has 0 amide bonds. The van der Waals surface area contributed by atoms with E-state index in [-0.39, 0.29) is 12.0 Å². The molecule has 1 fully saturated rings. The Kier molecular flexibility index (Phi) is 3.90. The molecule has 0 aliphatic carbocycles. The molecule has 1 saturated heterocycles. The third-order valence-electron chi connectivity index (χ3n) is 3.55. The van der Waals surface area contributed by atoms with E-state index in [2.05, 4.69) is 12.1 Å². The van der Waals surface area contributed by atoms with Crippen molar-refractivity contribution in [3.05, 3.63) is 71.8 Å². The van der Waals surface area contributed by atoms with Crippen LogP contribution in [0.1, 0.15) is 23.1 Å². The molecule has 0 aromatic heterocycles. The van der Waals surface area contributed by atoms with Gasteiger partial charge >= 0.3 is 0 Å². The highest BCUT2D eigenvalue weighted by Crippen LogP contribution is 2.38. The van der Waals surface area contributed by atoms with Crippen molar-refractivity contribution in [2.45, 2.75) is 18.3 Å². The minimum atomic E-state index is -0.778. The van der Waals surface area contributed by atoms with Crippen molar-refractivity contribution >= 4 is 6.29 Å². The summed E-state index contributed by atoms with van der Waals surface area (Å²) >= 11 is 0. The van der Waals surface area contributed by atoms with Gasteiger partial charge in [0.05, 0.1) is 12.7 Å². The second kappa shape index (κ2) is 5.99. The minimum Gasteiger partial charge on any atom is -0.345 e. The largest absolute Gasteiger partial charge is 0.345 e. The second-order valence-corrected chi connectivity index (χ2v) is 4.82. The van der Waals surface area contributed by atoms with Crippen molar-refractivity contribution in [1.29, 1.82) is 0 Å². The van der Waals surface area contributed by atoms with E-state index in [0.717, 1.165) is 11.1 Å². The summed E-state index contributed by atoms with van der Waals surface area (Å²) in [4.78, 5) is 10.9. The first kappa shape index (κ1) is 13.0. The van der Waals surface area contributed by atoms with Crippen LogP contribution in [0, 0.1) is 0 Å². The van der Waals surface area contributed by atoms with Crippen molar-refractivity contribution in [3.8, 4) is 0 Å². The van der Waals surface area contributed by atoms with E-state index in [0.29, 0.717) is 12.9 Å². The molecule has 1 heterocycles. The van der Waals surface area contributed by atoms with Gasteiger partial charge in [0.1, 0.15) is 0 Å². The molecule has 0 N–H and O–H groups in total. The fourth-order valence-corrected chi connectivity index (χ4v) is 2.56. The maximum absolute atomic E-state index is 10.9. The lowest BCUT2D eigenvalue weighted by atomic mass is 9.89. The highest BCUT2D eigenvalue weighted by Gasteiger charge is 2.33. The summed E-state index contributed by atoms with van der Waals surface area (Å²) in [5.74, 6) is 0.0924. The summed E-state index contributed by atoms with van der Waals surface area (Å²) in [5, 5.41) is 0. The number of hydrogen-bond acceptors (Lipinski definition) is 3. The first-order valence-corrected chi connectivity index (χ1v) is 6.71. The Labute approximate surface area is 118 Å². The molecule has 1 aliphatic rings. The third kappa shape index (κ3) is 2.64. The molecule has 1 aliphatic heterocycles. The molecule has 3 rings (SSSR count). The molecule has 102 valence electrons. The Balaban J connectivity index is 1.93. The van der Waals surface area contributed by atoms with Crippen LogP contribution in [0.15, 0.2) is 60.7 Å². The highest BCUT2D eigenvalue weighted by atomic mass is 16.7. The molecular formula is C17H16O3. The van der Waals surface area contributed by atoms with Gasteiger partial charge in [-0.2, -0.15) is 0 Å². The Morgan fingerprint density at radius 2 is 1.50 bits per heavy atom. The smallest absolute Gasteiger partial charge is 0.215 e. The summed E-state index contributed by atoms with van der Waals surface area (Å²) in [6.45, 7) is 0.479. The predicted molar refractivity (Wildman–Crippen MR) is 75.3 cm³/mol. The Morgan fingerprint density at radius 1 is 0.900 bits per heavy atom. The lowest BCUT2D eigenvalue weighted by Gasteiger charge is -2.35. The zero-order valence-electron chi connectivity index (χ0n) is 11.0. The summed E-state index contributed by atoms with van der Waals surface area (Å²) < 4.78 is 11.3. The van der Waals surface area contributed by atoms with Gasteiger partial charge in [-0.1, -0.05) is 60.7 Å². The molecular weight excluding hydrogens is 252 g/mol. The van der Waals surface area contributed by atoms with Gasteiger partial charge in [0.2, 0.25) is 6.29 Å². The minimum absolute atomic E-state index is 0.0924. The molecule has 2 aromatic carbocycles. The molecule has 3 nitrogen and oxygen atoms in total. The van der Waals surface area contributed by atoms with Crippen LogP contribution in [0.2, 0.25) is 0 Å². The Bertz CT molecular complexity index is 553. The molecule has 0 saturated carbocycles. The average Bonchev–Trinajstić information content (AvgIpc) is 2.56. The average molecular weight is 268 g/mol. The zero-order chi connectivity index (χ0) is 13.8. The quantitative estimate of drug-likeness (QED) is 0.802. The van der Waals surface area contributed by atoms with Crippen molar-refractivity contribution < 1.29 is 14.3 Å². The van der Waals surface area contributed by atoms with Gasteiger partial charge in [-0.15, -0.1) is 0 Å². The second-order valence-electron chi connectivity index (χ2n) is 4.82. The van der Waals surface area contributed by atoms with E-state index < -0.39 is 6.29 Å². The molecule has 2 aromatic rings. The normalized spacial score (nSPS) is 26.1. The van der Waals surface area contributed by atoms with E-state index in [4.69, 9.17) is 9.47 Å². The first-order chi connectivity index (χ1) is 9.88. The van der Waals surface area contributed by atoms with Crippen LogP contribution in [0.5, 0.6) is 0 Å². The van der Waals surface area contributed by atoms with E-state index in [1.807, 2.05) is 48.5 Å². The molecule has 3 unspecified atom stereocenters. The van der Waals surface area contributed by atoms with E-state index in [1.54, 1.807) is 0 Å². The van der Waals surface area contributed by atoms with Crippen molar-refractivity contribution in [2.24, 2.45) is 0 Å². The molecule has 0 bridgehead atoms. The number of benzene rings is 2. The number of ether oxygens (including phenoxy) is 2. The lowest BCUT2D eigenvalue weighted by Crippen LogP contribution is -2.34. The monoisotopic (exact) mass is 268 g/mol. The molecule has 20 heavy (non-hydrogen) atoms. The molecule has 0 spiro atoms. The molecule has 3 heteroatoms. The Morgan fingerprint density at radius 3 is 2.10 bits per heavy atom. The number of carbonyl (C=O) groups excluding carboxylic acids is 1. The summed E-state index contributed by atoms with van der Waals surface area (Å²) in [5.41, 5.74) is 2.22. The number of rotatable bonds is 3. The van der Waals surface area contributed by atoms with Gasteiger partial charge in [0, 0.05) is 5.92 Å². The van der Waals surface area contributed by atoms with E-state index >= 15 is 0 Å². The van der Waals surface area contributed by atoms with Crippen LogP contribution in [0.4, 0.5) is 0 Å². The molecule has 3 atom stereocenters. The number of carbonyl (C=O) groups is 1. The standard InChI is InChI=1S/C17H16O3/c18-11-16-19-12-15(13-7-3-1-4-8-13)17(20-16)14-9-5-2-6-10-14/h1-11,15-17H,12H2. The fourth-order valence-electron chi connectivity index (χ4n) is 2.56. The fraction of sp³-hybridized carbons (Fsp3) is 0.235. The topological polar surface area (TPSA) is 35.5 Å². The van der Waals surface area contributed by atoms with Gasteiger partial charge in [-0.25, -0.2) is 0 Å². The van der Waals surface area contributed by atoms with Crippen molar-refractivity contribution in [1.82, 2.24) is 0 Å². The maximum Gasteiger partial charge on any atom is 0.215 e. The van der Waals surface area contributed by atoms with Crippen LogP contribution < -0.4 is 0 Å². The molecule has 0 radical (unpaired) electrons. The highest BCUT2D eigenvalue weighted by molar-refractivity contribution is 5.54. The van der Waals surface area contributed by atoms with Crippen molar-refractivity contribution in [3.63, 3.8) is 0 Å². The predicted octanol–water partition coefficient (Wildman–Crippen LogP) is 3.08. The zero-order valence-corrected chi connectivity index (χ0v) is 11.0. The van der Waals surface area contributed by atoms with Gasteiger partial charge < -0.3 is 9.47 Å². The third-order valence-corrected chi connectivity index (χ3v) is 3.55. The van der Waals surface area contributed by atoms with Gasteiger partial charge in [-0.05, 0) is 11.1 Å². The maximum atomic E-state index is 10.9. The summed E-state index contributed by atoms with van der Waals surface area (Å²) in [6, 6.07) is 20.1. The van der Waals surface area contributed by atoms with Gasteiger partial charge in [0.15, 0.2) is 6.29 Å². The van der Waals surface area contributed by atoms with Crippen molar-refractivity contribution in [2.75, 3.05) is 6.61 Å². The van der Waals surface area contributed by atoms with Crippen LogP contribution in [0.3, 0.4) is 0 Å². The van der Waals surface area contributed by atoms with Crippen LogP contribution in [-0.4, -0.2) is 19.2 Å². The summed E-state index contributed by atoms with van der Waals surface area (Å²) in [7, 11) is 0. The first-order valence-electron chi connectivity index (χ1n) is 6.71. The number of hydrogen-bond donors (Lipinski definition) is 0. The van der Waals surface area contributed by atoms with E-state index in [1.165, 1.54) is 0 Å². The summed E-state index contributed by atoms with van der Waals surface area (Å²) in [6.07, 6.45) is -0.236. The SMILES string of the molecule is O=CC1OCC(c2ccccc2)C(c2ccccc2)O1. The van der Waals surface area contributed by atoms with Gasteiger partial charge in [-0.3, -0.25) is 4.79 Å². The number of aldehydes is 1. The van der Waals surface area contributed by atoms with E-state index in [9.17, 15) is 4.79 Å². The van der Waals surface area contributed by atoms with Crippen LogP contribution in [-0.2, 0) is 14.3 Å². The lowest BCUT2D eigenvalue weighted by molar-refractivity contribution is -0.212. The van der Waals surface area contributed by atoms with Crippen LogP contribution >= 0.6 is 0 Å².